The Morgan fingerprint density at radius 3 is 2.85 bits per heavy atom. The number of rotatable bonds is 2. The molecule has 0 aromatic rings. The molecule has 2 unspecified atom stereocenters. The van der Waals surface area contributed by atoms with Crippen LogP contribution in [0.25, 0.3) is 0 Å². The van der Waals surface area contributed by atoms with Crippen LogP contribution in [0, 0.1) is 5.92 Å². The zero-order valence-electron chi connectivity index (χ0n) is 8.16. The smallest absolute Gasteiger partial charge is 0.308 e. The van der Waals surface area contributed by atoms with Gasteiger partial charge in [-0.15, -0.1) is 0 Å². The Labute approximate surface area is 78.4 Å². The van der Waals surface area contributed by atoms with E-state index in [0.29, 0.717) is 19.6 Å². The number of hydrogen-bond acceptors (Lipinski definition) is 4. The van der Waals surface area contributed by atoms with Crippen molar-refractivity contribution in [2.75, 3.05) is 13.2 Å². The standard InChI is InChI=1S/C9H17NO3/c1-6(2)9(11)13-8-3-4-12-5-7(8)10/h6-8H,3-5,10H2,1-2H3. The van der Waals surface area contributed by atoms with E-state index in [-0.39, 0.29) is 24.0 Å². The number of carbonyl (C=O) groups excluding carboxylic acids is 1. The molecule has 4 heteroatoms. The van der Waals surface area contributed by atoms with Crippen molar-refractivity contribution in [1.82, 2.24) is 0 Å². The quantitative estimate of drug-likeness (QED) is 0.632. The molecule has 1 aliphatic rings. The Morgan fingerprint density at radius 1 is 1.62 bits per heavy atom. The summed E-state index contributed by atoms with van der Waals surface area (Å²) in [6.07, 6.45) is 0.545. The molecule has 0 aromatic carbocycles. The molecular formula is C9H17NO3. The zero-order chi connectivity index (χ0) is 9.84. The van der Waals surface area contributed by atoms with E-state index in [9.17, 15) is 4.79 Å². The van der Waals surface area contributed by atoms with Crippen LogP contribution in [0.2, 0.25) is 0 Å². The summed E-state index contributed by atoms with van der Waals surface area (Å²) in [5, 5.41) is 0. The van der Waals surface area contributed by atoms with Gasteiger partial charge in [-0.25, -0.2) is 0 Å². The van der Waals surface area contributed by atoms with Crippen molar-refractivity contribution in [2.45, 2.75) is 32.4 Å². The Kier molecular flexibility index (Phi) is 3.69. The highest BCUT2D eigenvalue weighted by molar-refractivity contribution is 5.71. The maximum atomic E-state index is 11.2. The van der Waals surface area contributed by atoms with Gasteiger partial charge in [-0.3, -0.25) is 4.79 Å². The first-order chi connectivity index (χ1) is 6.11. The summed E-state index contributed by atoms with van der Waals surface area (Å²) >= 11 is 0. The van der Waals surface area contributed by atoms with Gasteiger partial charge in [-0.1, -0.05) is 13.8 Å². The molecule has 2 atom stereocenters. The predicted octanol–water partition coefficient (Wildman–Crippen LogP) is 0.302. The molecule has 0 bridgehead atoms. The average Bonchev–Trinajstić information content (AvgIpc) is 2.08. The summed E-state index contributed by atoms with van der Waals surface area (Å²) in [6, 6.07) is -0.170. The average molecular weight is 187 g/mol. The van der Waals surface area contributed by atoms with Crippen LogP contribution < -0.4 is 5.73 Å². The van der Waals surface area contributed by atoms with Gasteiger partial charge in [-0.05, 0) is 0 Å². The van der Waals surface area contributed by atoms with Crippen molar-refractivity contribution in [3.63, 3.8) is 0 Å². The first-order valence-electron chi connectivity index (χ1n) is 4.65. The minimum atomic E-state index is -0.178. The lowest BCUT2D eigenvalue weighted by Gasteiger charge is -2.28. The van der Waals surface area contributed by atoms with E-state index in [1.165, 1.54) is 0 Å². The summed E-state index contributed by atoms with van der Waals surface area (Å²) in [5.41, 5.74) is 5.73. The van der Waals surface area contributed by atoms with Gasteiger partial charge in [0.15, 0.2) is 0 Å². The van der Waals surface area contributed by atoms with E-state index >= 15 is 0 Å². The highest BCUT2D eigenvalue weighted by atomic mass is 16.6. The zero-order valence-corrected chi connectivity index (χ0v) is 8.16. The molecule has 4 nitrogen and oxygen atoms in total. The molecule has 1 aliphatic heterocycles. The third-order valence-corrected chi connectivity index (χ3v) is 2.07. The molecule has 2 N–H and O–H groups in total. The fraction of sp³-hybridized carbons (Fsp3) is 0.889. The van der Waals surface area contributed by atoms with Crippen LogP contribution in [0.3, 0.4) is 0 Å². The highest BCUT2D eigenvalue weighted by Crippen LogP contribution is 2.12. The van der Waals surface area contributed by atoms with E-state index in [0.717, 1.165) is 0 Å². The Bertz CT molecular complexity index is 182. The van der Waals surface area contributed by atoms with Crippen molar-refractivity contribution in [2.24, 2.45) is 11.7 Å². The van der Waals surface area contributed by atoms with Gasteiger partial charge in [0.2, 0.25) is 0 Å². The van der Waals surface area contributed by atoms with Crippen molar-refractivity contribution < 1.29 is 14.3 Å². The third-order valence-electron chi connectivity index (χ3n) is 2.07. The molecular weight excluding hydrogens is 170 g/mol. The summed E-state index contributed by atoms with van der Waals surface area (Å²) < 4.78 is 10.4. The van der Waals surface area contributed by atoms with Gasteiger partial charge in [0.1, 0.15) is 6.10 Å². The number of ether oxygens (including phenoxy) is 2. The first-order valence-corrected chi connectivity index (χ1v) is 4.65. The molecule has 13 heavy (non-hydrogen) atoms. The molecule has 1 heterocycles. The third kappa shape index (κ3) is 2.97. The topological polar surface area (TPSA) is 61.5 Å². The Morgan fingerprint density at radius 2 is 2.31 bits per heavy atom. The monoisotopic (exact) mass is 187 g/mol. The van der Waals surface area contributed by atoms with Crippen LogP contribution >= 0.6 is 0 Å². The van der Waals surface area contributed by atoms with Gasteiger partial charge >= 0.3 is 5.97 Å². The van der Waals surface area contributed by atoms with Gasteiger partial charge in [0.05, 0.1) is 25.2 Å². The van der Waals surface area contributed by atoms with Gasteiger partial charge in [0.25, 0.3) is 0 Å². The Hall–Kier alpha value is -0.610. The SMILES string of the molecule is CC(C)C(=O)OC1CCOCC1N. The lowest BCUT2D eigenvalue weighted by atomic mass is 10.1. The van der Waals surface area contributed by atoms with E-state index in [1.807, 2.05) is 13.8 Å². The number of esters is 1. The molecule has 1 rings (SSSR count). The van der Waals surface area contributed by atoms with Crippen LogP contribution in [-0.4, -0.2) is 31.3 Å². The Balaban J connectivity index is 2.38. The van der Waals surface area contributed by atoms with Gasteiger partial charge in [0, 0.05) is 6.42 Å². The summed E-state index contributed by atoms with van der Waals surface area (Å²) in [4.78, 5) is 11.2. The number of nitrogens with two attached hydrogens (primary N) is 1. The number of carbonyl (C=O) groups is 1. The van der Waals surface area contributed by atoms with Crippen LogP contribution in [0.15, 0.2) is 0 Å². The first kappa shape index (κ1) is 10.5. The fourth-order valence-electron chi connectivity index (χ4n) is 1.17. The van der Waals surface area contributed by atoms with Crippen molar-refractivity contribution in [3.8, 4) is 0 Å². The minimum Gasteiger partial charge on any atom is -0.460 e. The predicted molar refractivity (Wildman–Crippen MR) is 48.1 cm³/mol. The lowest BCUT2D eigenvalue weighted by molar-refractivity contribution is -0.158. The summed E-state index contributed by atoms with van der Waals surface area (Å²) in [6.45, 7) is 4.74. The number of hydrogen-bond donors (Lipinski definition) is 1. The van der Waals surface area contributed by atoms with Gasteiger partial charge < -0.3 is 15.2 Å². The molecule has 0 saturated carbocycles. The van der Waals surface area contributed by atoms with E-state index in [2.05, 4.69) is 0 Å². The van der Waals surface area contributed by atoms with E-state index in [4.69, 9.17) is 15.2 Å². The fourth-order valence-corrected chi connectivity index (χ4v) is 1.17. The molecule has 1 fully saturated rings. The summed E-state index contributed by atoms with van der Waals surface area (Å²) in [7, 11) is 0. The normalized spacial score (nSPS) is 28.9. The summed E-state index contributed by atoms with van der Waals surface area (Å²) in [5.74, 6) is -0.266. The van der Waals surface area contributed by atoms with Crippen molar-refractivity contribution in [3.05, 3.63) is 0 Å². The maximum Gasteiger partial charge on any atom is 0.308 e. The minimum absolute atomic E-state index is 0.0879. The van der Waals surface area contributed by atoms with E-state index in [1.54, 1.807) is 0 Å². The van der Waals surface area contributed by atoms with Crippen LogP contribution in [0.1, 0.15) is 20.3 Å². The molecule has 0 spiro atoms. The molecule has 76 valence electrons. The second-order valence-corrected chi connectivity index (χ2v) is 3.66. The second kappa shape index (κ2) is 4.58. The maximum absolute atomic E-state index is 11.2. The van der Waals surface area contributed by atoms with Crippen LogP contribution in [0.5, 0.6) is 0 Å². The van der Waals surface area contributed by atoms with Crippen molar-refractivity contribution >= 4 is 5.97 Å². The van der Waals surface area contributed by atoms with Crippen LogP contribution in [-0.2, 0) is 14.3 Å². The second-order valence-electron chi connectivity index (χ2n) is 3.66. The van der Waals surface area contributed by atoms with Crippen LogP contribution in [0.4, 0.5) is 0 Å². The van der Waals surface area contributed by atoms with Gasteiger partial charge in [-0.2, -0.15) is 0 Å². The molecule has 0 amide bonds. The molecule has 0 aliphatic carbocycles. The van der Waals surface area contributed by atoms with Crippen molar-refractivity contribution in [1.29, 1.82) is 0 Å². The van der Waals surface area contributed by atoms with E-state index < -0.39 is 0 Å². The highest BCUT2D eigenvalue weighted by Gasteiger charge is 2.26. The molecule has 0 aromatic heterocycles. The molecule has 1 saturated heterocycles. The largest absolute Gasteiger partial charge is 0.460 e. The lowest BCUT2D eigenvalue weighted by Crippen LogP contribution is -2.46. The molecule has 0 radical (unpaired) electrons.